The lowest BCUT2D eigenvalue weighted by Crippen LogP contribution is -2.55. The molecule has 8 nitrogen and oxygen atoms in total. The fourth-order valence-corrected chi connectivity index (χ4v) is 8.62. The van der Waals surface area contributed by atoms with Crippen molar-refractivity contribution in [2.24, 2.45) is 11.8 Å². The predicted molar refractivity (Wildman–Crippen MR) is 151 cm³/mol. The summed E-state index contributed by atoms with van der Waals surface area (Å²) >= 11 is 1.59. The van der Waals surface area contributed by atoms with Gasteiger partial charge in [-0.25, -0.2) is 0 Å². The number of amides is 2. The highest BCUT2D eigenvalue weighted by atomic mass is 32.2. The van der Waals surface area contributed by atoms with E-state index in [-0.39, 0.29) is 49.3 Å². The van der Waals surface area contributed by atoms with Crippen LogP contribution in [0.1, 0.15) is 33.1 Å². The van der Waals surface area contributed by atoms with Crippen LogP contribution in [0.3, 0.4) is 0 Å². The van der Waals surface area contributed by atoms with Gasteiger partial charge in [0.25, 0.3) is 5.91 Å². The van der Waals surface area contributed by atoms with Crippen LogP contribution in [0, 0.1) is 11.8 Å². The van der Waals surface area contributed by atoms with Crippen LogP contribution >= 0.6 is 11.8 Å². The first-order valence-corrected chi connectivity index (χ1v) is 14.4. The first-order valence-electron chi connectivity index (χ1n) is 13.5. The predicted octanol–water partition coefficient (Wildman–Crippen LogP) is 3.25. The van der Waals surface area contributed by atoms with Crippen LogP contribution < -0.4 is 9.80 Å². The summed E-state index contributed by atoms with van der Waals surface area (Å²) in [4.78, 5) is 46.7. The Balaban J connectivity index is 1.67. The molecule has 3 aliphatic rings. The maximum Gasteiger partial charge on any atom is 0.310 e. The minimum atomic E-state index is -0.782. The molecule has 0 radical (unpaired) electrons. The molecule has 1 aromatic rings. The van der Waals surface area contributed by atoms with E-state index in [0.29, 0.717) is 12.8 Å². The number of benzene rings is 1. The van der Waals surface area contributed by atoms with Crippen LogP contribution in [0.2, 0.25) is 0 Å². The van der Waals surface area contributed by atoms with Crippen LogP contribution in [0.15, 0.2) is 49.6 Å². The zero-order chi connectivity index (χ0) is 27.4. The van der Waals surface area contributed by atoms with Crippen LogP contribution in [0.25, 0.3) is 0 Å². The SMILES string of the molecule is C=CCCOC(=O)[C@@H]1[C@H]2C(=O)N(CCO)C(C(=O)N(CC=C)c3ccc(N(CC)CC)cc3)C23CC[C@H]1S3. The van der Waals surface area contributed by atoms with E-state index in [1.54, 1.807) is 28.8 Å². The summed E-state index contributed by atoms with van der Waals surface area (Å²) in [5.41, 5.74) is 1.80. The Kier molecular flexibility index (Phi) is 8.88. The molecule has 206 valence electrons. The van der Waals surface area contributed by atoms with Crippen LogP contribution in [-0.2, 0) is 19.1 Å². The van der Waals surface area contributed by atoms with Crippen LogP contribution in [-0.4, -0.2) is 83.2 Å². The highest BCUT2D eigenvalue weighted by Gasteiger charge is 2.74. The molecule has 38 heavy (non-hydrogen) atoms. The second-order valence-electron chi connectivity index (χ2n) is 9.98. The third-order valence-corrected chi connectivity index (χ3v) is 10.0. The molecule has 2 bridgehead atoms. The standard InChI is InChI=1S/C29H39N3O5S/c1-5-9-19-37-28(36)23-22-14-15-29(38-22)24(23)26(34)32(17-18-33)25(29)27(35)31(16-6-2)21-12-10-20(11-13-21)30(7-3)8-4/h5-6,10-13,22-25,33H,1-2,7-9,14-19H2,3-4H3/t22-,23+,24+,25?,29?/m1/s1. The molecule has 3 fully saturated rings. The van der Waals surface area contributed by atoms with E-state index >= 15 is 0 Å². The molecule has 2 amide bonds. The molecule has 1 aromatic carbocycles. The monoisotopic (exact) mass is 541 g/mol. The number of likely N-dealkylation sites (tertiary alicyclic amines) is 1. The number of nitrogens with zero attached hydrogens (tertiary/aromatic N) is 3. The number of carbonyl (C=O) groups excluding carboxylic acids is 3. The number of fused-ring (bicyclic) bond motifs is 1. The summed E-state index contributed by atoms with van der Waals surface area (Å²) in [6, 6.07) is 7.08. The minimum Gasteiger partial charge on any atom is -0.465 e. The van der Waals surface area contributed by atoms with Gasteiger partial charge >= 0.3 is 5.97 Å². The first kappa shape index (κ1) is 28.2. The van der Waals surface area contributed by atoms with Gasteiger partial charge in [-0.2, -0.15) is 0 Å². The average molecular weight is 542 g/mol. The van der Waals surface area contributed by atoms with Gasteiger partial charge in [-0.3, -0.25) is 14.4 Å². The van der Waals surface area contributed by atoms with Gasteiger partial charge in [0.1, 0.15) is 6.04 Å². The molecule has 3 aliphatic heterocycles. The Morgan fingerprint density at radius 1 is 1.18 bits per heavy atom. The quantitative estimate of drug-likeness (QED) is 0.233. The lowest BCUT2D eigenvalue weighted by atomic mass is 9.71. The highest BCUT2D eigenvalue weighted by Crippen LogP contribution is 2.66. The topological polar surface area (TPSA) is 90.4 Å². The van der Waals surface area contributed by atoms with Gasteiger partial charge in [0.05, 0.1) is 29.8 Å². The second kappa shape index (κ2) is 11.9. The molecule has 9 heteroatoms. The third-order valence-electron chi connectivity index (χ3n) is 8.08. The summed E-state index contributed by atoms with van der Waals surface area (Å²) in [5, 5.41) is 9.77. The second-order valence-corrected chi connectivity index (χ2v) is 11.6. The smallest absolute Gasteiger partial charge is 0.310 e. The van der Waals surface area contributed by atoms with E-state index < -0.39 is 22.6 Å². The van der Waals surface area contributed by atoms with Crippen molar-refractivity contribution in [1.82, 2.24) is 4.90 Å². The molecule has 4 rings (SSSR count). The van der Waals surface area contributed by atoms with Crippen LogP contribution in [0.4, 0.5) is 11.4 Å². The molecule has 0 aromatic heterocycles. The average Bonchev–Trinajstić information content (AvgIpc) is 3.56. The Labute approximate surface area is 229 Å². The summed E-state index contributed by atoms with van der Waals surface area (Å²) in [5.74, 6) is -2.06. The Hall–Kier alpha value is -2.78. The number of aliphatic hydroxyl groups excluding tert-OH is 1. The van der Waals surface area contributed by atoms with E-state index in [1.165, 1.54) is 4.90 Å². The van der Waals surface area contributed by atoms with Crippen molar-refractivity contribution in [3.63, 3.8) is 0 Å². The normalized spacial score (nSPS) is 27.2. The molecule has 3 heterocycles. The Morgan fingerprint density at radius 3 is 2.47 bits per heavy atom. The molecule has 1 N–H and O–H groups in total. The van der Waals surface area contributed by atoms with Gasteiger partial charge in [-0.15, -0.1) is 24.9 Å². The molecule has 0 aliphatic carbocycles. The van der Waals surface area contributed by atoms with Crippen molar-refractivity contribution < 1.29 is 24.2 Å². The van der Waals surface area contributed by atoms with Gasteiger partial charge in [0, 0.05) is 42.8 Å². The number of rotatable bonds is 13. The highest BCUT2D eigenvalue weighted by molar-refractivity contribution is 8.02. The Bertz CT molecular complexity index is 1060. The van der Waals surface area contributed by atoms with E-state index in [9.17, 15) is 19.5 Å². The molecule has 5 atom stereocenters. The molecule has 1 spiro atoms. The summed E-state index contributed by atoms with van der Waals surface area (Å²) in [6.45, 7) is 13.8. The number of hydrogen-bond acceptors (Lipinski definition) is 7. The summed E-state index contributed by atoms with van der Waals surface area (Å²) in [7, 11) is 0. The largest absolute Gasteiger partial charge is 0.465 e. The van der Waals surface area contributed by atoms with E-state index in [1.807, 2.05) is 24.3 Å². The van der Waals surface area contributed by atoms with Gasteiger partial charge < -0.3 is 24.5 Å². The maximum atomic E-state index is 14.4. The fraction of sp³-hybridized carbons (Fsp3) is 0.552. The van der Waals surface area contributed by atoms with Crippen molar-refractivity contribution in [3.8, 4) is 0 Å². The van der Waals surface area contributed by atoms with Crippen molar-refractivity contribution in [2.45, 2.75) is 49.1 Å². The number of ether oxygens (including phenoxy) is 1. The zero-order valence-electron chi connectivity index (χ0n) is 22.4. The van der Waals surface area contributed by atoms with Gasteiger partial charge in [0.2, 0.25) is 5.91 Å². The lowest BCUT2D eigenvalue weighted by Gasteiger charge is -2.37. The molecule has 3 saturated heterocycles. The Morgan fingerprint density at radius 2 is 1.87 bits per heavy atom. The van der Waals surface area contributed by atoms with E-state index in [2.05, 4.69) is 31.9 Å². The third kappa shape index (κ3) is 4.75. The number of thioether (sulfide) groups is 1. The number of hydrogen-bond donors (Lipinski definition) is 1. The van der Waals surface area contributed by atoms with Gasteiger partial charge in [-0.05, 0) is 57.4 Å². The van der Waals surface area contributed by atoms with Gasteiger partial charge in [0.15, 0.2) is 0 Å². The number of aliphatic hydroxyl groups is 1. The van der Waals surface area contributed by atoms with Crippen LogP contribution in [0.5, 0.6) is 0 Å². The van der Waals surface area contributed by atoms with Crippen molar-refractivity contribution in [1.29, 1.82) is 0 Å². The molecule has 2 unspecified atom stereocenters. The molecular weight excluding hydrogens is 502 g/mol. The van der Waals surface area contributed by atoms with Crippen molar-refractivity contribution in [3.05, 3.63) is 49.6 Å². The maximum absolute atomic E-state index is 14.4. The summed E-state index contributed by atoms with van der Waals surface area (Å²) in [6.07, 6.45) is 5.31. The minimum absolute atomic E-state index is 0.0414. The van der Waals surface area contributed by atoms with Gasteiger partial charge in [-0.1, -0.05) is 12.2 Å². The summed E-state index contributed by atoms with van der Waals surface area (Å²) < 4.78 is 4.79. The van der Waals surface area contributed by atoms with Crippen molar-refractivity contribution >= 4 is 40.9 Å². The van der Waals surface area contributed by atoms with E-state index in [4.69, 9.17) is 4.74 Å². The number of esters is 1. The number of β-amino-alcohol motifs (C(OH)–C–C–N with tert-alkyl or cyclic N) is 1. The zero-order valence-corrected chi connectivity index (χ0v) is 23.2. The van der Waals surface area contributed by atoms with E-state index in [0.717, 1.165) is 30.9 Å². The number of carbonyl (C=O) groups is 3. The number of anilines is 2. The fourth-order valence-electron chi connectivity index (χ4n) is 6.42. The molecule has 0 saturated carbocycles. The molecular formula is C29H39N3O5S. The first-order chi connectivity index (χ1) is 18.4. The lowest BCUT2D eigenvalue weighted by molar-refractivity contribution is -0.154. The van der Waals surface area contributed by atoms with Crippen molar-refractivity contribution in [2.75, 3.05) is 49.2 Å².